The van der Waals surface area contributed by atoms with E-state index in [-0.39, 0.29) is 0 Å². The molecule has 0 saturated heterocycles. The molecular weight excluding hydrogens is 256 g/mol. The third kappa shape index (κ3) is 2.64. The van der Waals surface area contributed by atoms with Crippen LogP contribution in [0.3, 0.4) is 0 Å². The number of hydrogen-bond donors (Lipinski definition) is 0. The van der Waals surface area contributed by atoms with Crippen molar-refractivity contribution in [2.75, 3.05) is 0 Å². The van der Waals surface area contributed by atoms with E-state index in [9.17, 15) is 0 Å². The molecule has 0 N–H and O–H groups in total. The van der Waals surface area contributed by atoms with Crippen LogP contribution in [0.2, 0.25) is 5.15 Å². The molecule has 0 fully saturated rings. The third-order valence-electron chi connectivity index (χ3n) is 2.39. The van der Waals surface area contributed by atoms with Gasteiger partial charge in [-0.25, -0.2) is 9.97 Å². The predicted octanol–water partition coefficient (Wildman–Crippen LogP) is 4.31. The van der Waals surface area contributed by atoms with Crippen molar-refractivity contribution in [1.82, 2.24) is 9.97 Å². The highest BCUT2D eigenvalue weighted by Gasteiger charge is 2.15. The first-order valence-electron chi connectivity index (χ1n) is 5.32. The van der Waals surface area contributed by atoms with Gasteiger partial charge in [-0.2, -0.15) is 0 Å². The van der Waals surface area contributed by atoms with E-state index in [4.69, 9.17) is 16.0 Å². The fourth-order valence-corrected chi connectivity index (χ4v) is 2.98. The molecule has 0 aromatic carbocycles. The normalized spacial score (nSPS) is 11.1. The Hall–Kier alpha value is -1.00. The molecule has 2 aromatic rings. The molecule has 0 unspecified atom stereocenters. The predicted molar refractivity (Wildman–Crippen MR) is 68.7 cm³/mol. The smallest absolute Gasteiger partial charge is 0.137 e. The van der Waals surface area contributed by atoms with Gasteiger partial charge < -0.3 is 4.42 Å². The van der Waals surface area contributed by atoms with Gasteiger partial charge in [0.15, 0.2) is 0 Å². The maximum absolute atomic E-state index is 6.12. The molecule has 0 bridgehead atoms. The fourth-order valence-electron chi connectivity index (χ4n) is 1.51. The van der Waals surface area contributed by atoms with Gasteiger partial charge in [-0.3, -0.25) is 0 Å². The number of halogens is 1. The monoisotopic (exact) mass is 268 g/mol. The Kier molecular flexibility index (Phi) is 3.74. The molecule has 5 heteroatoms. The number of rotatable bonds is 3. The fraction of sp³-hybridized carbons (Fsp3) is 0.333. The Labute approximate surface area is 110 Å². The average Bonchev–Trinajstić information content (AvgIpc) is 2.64. The second-order valence-corrected chi connectivity index (χ2v) is 5.37. The van der Waals surface area contributed by atoms with E-state index < -0.39 is 0 Å². The van der Waals surface area contributed by atoms with Gasteiger partial charge in [0.1, 0.15) is 22.3 Å². The maximum Gasteiger partial charge on any atom is 0.137 e. The second kappa shape index (κ2) is 5.10. The standard InChI is InChI=1S/C12H13ClN2OS/c1-7(2)10-11(13)14-6-15-12(10)17-9-4-5-16-8(9)3/h4-7H,1-3H3. The van der Waals surface area contributed by atoms with Gasteiger partial charge in [-0.05, 0) is 18.9 Å². The minimum Gasteiger partial charge on any atom is -0.468 e. The van der Waals surface area contributed by atoms with E-state index >= 15 is 0 Å². The molecule has 2 aromatic heterocycles. The number of furan rings is 1. The highest BCUT2D eigenvalue weighted by Crippen LogP contribution is 2.36. The van der Waals surface area contributed by atoms with Crippen LogP contribution < -0.4 is 0 Å². The Bertz CT molecular complexity index is 525. The Morgan fingerprint density at radius 2 is 2.12 bits per heavy atom. The molecule has 0 aliphatic carbocycles. The number of aromatic nitrogens is 2. The van der Waals surface area contributed by atoms with Gasteiger partial charge in [0, 0.05) is 5.56 Å². The summed E-state index contributed by atoms with van der Waals surface area (Å²) in [6.07, 6.45) is 3.17. The molecule has 0 radical (unpaired) electrons. The zero-order valence-corrected chi connectivity index (χ0v) is 11.5. The maximum atomic E-state index is 6.12. The molecule has 0 saturated carbocycles. The van der Waals surface area contributed by atoms with Crippen LogP contribution in [0.15, 0.2) is 33.0 Å². The van der Waals surface area contributed by atoms with Crippen molar-refractivity contribution in [2.45, 2.75) is 36.6 Å². The van der Waals surface area contributed by atoms with Gasteiger partial charge in [0.2, 0.25) is 0 Å². The lowest BCUT2D eigenvalue weighted by Gasteiger charge is -2.11. The number of nitrogens with zero attached hydrogens (tertiary/aromatic N) is 2. The molecule has 3 nitrogen and oxygen atoms in total. The van der Waals surface area contributed by atoms with Crippen LogP contribution in [0, 0.1) is 6.92 Å². The van der Waals surface area contributed by atoms with Crippen molar-refractivity contribution in [2.24, 2.45) is 0 Å². The highest BCUT2D eigenvalue weighted by atomic mass is 35.5. The lowest BCUT2D eigenvalue weighted by Crippen LogP contribution is -1.97. The lowest BCUT2D eigenvalue weighted by atomic mass is 10.1. The SMILES string of the molecule is Cc1occc1Sc1ncnc(Cl)c1C(C)C. The van der Waals surface area contributed by atoms with E-state index in [1.54, 1.807) is 18.0 Å². The molecule has 90 valence electrons. The second-order valence-electron chi connectivity index (χ2n) is 3.98. The molecule has 2 rings (SSSR count). The molecule has 0 aliphatic heterocycles. The van der Waals surface area contributed by atoms with E-state index in [1.165, 1.54) is 6.33 Å². The first-order valence-corrected chi connectivity index (χ1v) is 6.51. The van der Waals surface area contributed by atoms with Crippen LogP contribution in [-0.2, 0) is 0 Å². The molecular formula is C12H13ClN2OS. The van der Waals surface area contributed by atoms with Crippen LogP contribution in [0.5, 0.6) is 0 Å². The topological polar surface area (TPSA) is 38.9 Å². The minimum atomic E-state index is 0.290. The minimum absolute atomic E-state index is 0.290. The summed E-state index contributed by atoms with van der Waals surface area (Å²) in [5, 5.41) is 1.42. The third-order valence-corrected chi connectivity index (χ3v) is 3.86. The molecule has 0 amide bonds. The summed E-state index contributed by atoms with van der Waals surface area (Å²) in [4.78, 5) is 9.39. The zero-order chi connectivity index (χ0) is 12.4. The van der Waals surface area contributed by atoms with Crippen molar-refractivity contribution in [3.63, 3.8) is 0 Å². The molecule has 2 heterocycles. The molecule has 0 atom stereocenters. The first-order chi connectivity index (χ1) is 8.09. The van der Waals surface area contributed by atoms with Crippen LogP contribution in [-0.4, -0.2) is 9.97 Å². The van der Waals surface area contributed by atoms with Crippen LogP contribution >= 0.6 is 23.4 Å². The van der Waals surface area contributed by atoms with Crippen molar-refractivity contribution in [3.05, 3.63) is 35.1 Å². The Balaban J connectivity index is 2.39. The molecule has 0 spiro atoms. The largest absolute Gasteiger partial charge is 0.468 e. The molecule has 0 aliphatic rings. The van der Waals surface area contributed by atoms with E-state index in [2.05, 4.69) is 23.8 Å². The number of aryl methyl sites for hydroxylation is 1. The van der Waals surface area contributed by atoms with Gasteiger partial charge in [-0.1, -0.05) is 37.2 Å². The lowest BCUT2D eigenvalue weighted by molar-refractivity contribution is 0.527. The Morgan fingerprint density at radius 1 is 1.35 bits per heavy atom. The van der Waals surface area contributed by atoms with E-state index in [0.29, 0.717) is 11.1 Å². The van der Waals surface area contributed by atoms with Gasteiger partial charge in [0.05, 0.1) is 11.2 Å². The molecule has 17 heavy (non-hydrogen) atoms. The van der Waals surface area contributed by atoms with Gasteiger partial charge in [0.25, 0.3) is 0 Å². The van der Waals surface area contributed by atoms with Crippen LogP contribution in [0.25, 0.3) is 0 Å². The summed E-state index contributed by atoms with van der Waals surface area (Å²) >= 11 is 7.68. The zero-order valence-electron chi connectivity index (χ0n) is 9.90. The Morgan fingerprint density at radius 3 is 2.71 bits per heavy atom. The van der Waals surface area contributed by atoms with Gasteiger partial charge >= 0.3 is 0 Å². The van der Waals surface area contributed by atoms with Gasteiger partial charge in [-0.15, -0.1) is 0 Å². The van der Waals surface area contributed by atoms with Crippen LogP contribution in [0.1, 0.15) is 31.1 Å². The summed E-state index contributed by atoms with van der Waals surface area (Å²) in [7, 11) is 0. The summed E-state index contributed by atoms with van der Waals surface area (Å²) < 4.78 is 5.27. The van der Waals surface area contributed by atoms with Crippen molar-refractivity contribution in [1.29, 1.82) is 0 Å². The highest BCUT2D eigenvalue weighted by molar-refractivity contribution is 7.99. The van der Waals surface area contributed by atoms with Crippen molar-refractivity contribution < 1.29 is 4.42 Å². The van der Waals surface area contributed by atoms with Crippen molar-refractivity contribution in [3.8, 4) is 0 Å². The summed E-state index contributed by atoms with van der Waals surface area (Å²) in [6.45, 7) is 6.09. The van der Waals surface area contributed by atoms with Crippen molar-refractivity contribution >= 4 is 23.4 Å². The summed E-state index contributed by atoms with van der Waals surface area (Å²) in [5.74, 6) is 1.18. The summed E-state index contributed by atoms with van der Waals surface area (Å²) in [6, 6.07) is 1.93. The number of hydrogen-bond acceptors (Lipinski definition) is 4. The quantitative estimate of drug-likeness (QED) is 0.778. The van der Waals surface area contributed by atoms with Crippen LogP contribution in [0.4, 0.5) is 0 Å². The average molecular weight is 269 g/mol. The first kappa shape index (κ1) is 12.5. The summed E-state index contributed by atoms with van der Waals surface area (Å²) in [5.41, 5.74) is 0.986. The van der Waals surface area contributed by atoms with E-state index in [1.807, 2.05) is 13.0 Å². The van der Waals surface area contributed by atoms with E-state index in [0.717, 1.165) is 21.2 Å².